The van der Waals surface area contributed by atoms with Crippen LogP contribution in [0.1, 0.15) is 38.3 Å². The van der Waals surface area contributed by atoms with Crippen LogP contribution in [0.15, 0.2) is 12.4 Å². The predicted octanol–water partition coefficient (Wildman–Crippen LogP) is 1.29. The minimum absolute atomic E-state index is 0.0820. The average molecular weight is 234 g/mol. The lowest BCUT2D eigenvalue weighted by atomic mass is 10.1. The van der Waals surface area contributed by atoms with Gasteiger partial charge in [-0.1, -0.05) is 19.3 Å². The molecule has 2 unspecified atom stereocenters. The highest BCUT2D eigenvalue weighted by Crippen LogP contribution is 2.12. The van der Waals surface area contributed by atoms with Crippen LogP contribution in [0, 0.1) is 12.3 Å². The molecule has 1 aromatic heterocycles. The number of nitrogens with two attached hydrogens (primary N) is 1. The number of terminal acetylenes is 1. The van der Waals surface area contributed by atoms with Gasteiger partial charge in [0.05, 0.1) is 12.2 Å². The molecule has 17 heavy (non-hydrogen) atoms. The molecule has 0 aliphatic heterocycles. The Morgan fingerprint density at radius 2 is 2.35 bits per heavy atom. The van der Waals surface area contributed by atoms with E-state index in [9.17, 15) is 0 Å². The van der Waals surface area contributed by atoms with Gasteiger partial charge in [-0.2, -0.15) is 5.10 Å². The fourth-order valence-corrected chi connectivity index (χ4v) is 1.78. The van der Waals surface area contributed by atoms with Crippen molar-refractivity contribution in [2.24, 2.45) is 5.73 Å². The summed E-state index contributed by atoms with van der Waals surface area (Å²) in [6.45, 7) is 5.57. The molecule has 0 aromatic carbocycles. The lowest BCUT2D eigenvalue weighted by molar-refractivity contribution is 0.475. The maximum atomic E-state index is 5.79. The second-order valence-electron chi connectivity index (χ2n) is 4.09. The van der Waals surface area contributed by atoms with Gasteiger partial charge >= 0.3 is 0 Å². The molecule has 4 heteroatoms. The maximum Gasteiger partial charge on any atom is 0.0692 e. The Labute approximate surface area is 104 Å². The highest BCUT2D eigenvalue weighted by molar-refractivity contribution is 5.13. The third-order valence-corrected chi connectivity index (χ3v) is 2.80. The van der Waals surface area contributed by atoms with Crippen LogP contribution in [-0.2, 0) is 6.54 Å². The van der Waals surface area contributed by atoms with Crippen LogP contribution in [0.4, 0.5) is 0 Å². The van der Waals surface area contributed by atoms with E-state index in [1.807, 2.05) is 17.1 Å². The van der Waals surface area contributed by atoms with Gasteiger partial charge in [0.25, 0.3) is 0 Å². The normalized spacial score (nSPS) is 14.2. The number of hydrogen-bond acceptors (Lipinski definition) is 3. The number of rotatable bonds is 7. The van der Waals surface area contributed by atoms with Crippen LogP contribution in [0.5, 0.6) is 0 Å². The van der Waals surface area contributed by atoms with Crippen molar-refractivity contribution in [3.05, 3.63) is 18.0 Å². The fourth-order valence-electron chi connectivity index (χ4n) is 1.78. The second-order valence-corrected chi connectivity index (χ2v) is 4.09. The van der Waals surface area contributed by atoms with Crippen molar-refractivity contribution in [1.29, 1.82) is 0 Å². The van der Waals surface area contributed by atoms with Crippen LogP contribution in [-0.4, -0.2) is 22.4 Å². The third-order valence-electron chi connectivity index (χ3n) is 2.80. The Balaban J connectivity index is 2.67. The Kier molecular flexibility index (Phi) is 5.75. The van der Waals surface area contributed by atoms with Crippen LogP contribution < -0.4 is 11.1 Å². The van der Waals surface area contributed by atoms with Crippen molar-refractivity contribution < 1.29 is 0 Å². The van der Waals surface area contributed by atoms with Gasteiger partial charge in [-0.05, 0) is 13.3 Å². The predicted molar refractivity (Wildman–Crippen MR) is 70.4 cm³/mol. The second kappa shape index (κ2) is 7.10. The van der Waals surface area contributed by atoms with E-state index in [-0.39, 0.29) is 12.1 Å². The topological polar surface area (TPSA) is 55.9 Å². The summed E-state index contributed by atoms with van der Waals surface area (Å²) in [4.78, 5) is 0. The van der Waals surface area contributed by atoms with Gasteiger partial charge < -0.3 is 5.73 Å². The monoisotopic (exact) mass is 234 g/mol. The summed E-state index contributed by atoms with van der Waals surface area (Å²) in [6, 6.07) is 0.168. The summed E-state index contributed by atoms with van der Waals surface area (Å²) in [5.74, 6) is 2.76. The van der Waals surface area contributed by atoms with Crippen LogP contribution >= 0.6 is 0 Å². The van der Waals surface area contributed by atoms with Gasteiger partial charge in [-0.25, -0.2) is 0 Å². The van der Waals surface area contributed by atoms with E-state index in [2.05, 4.69) is 30.2 Å². The molecule has 0 radical (unpaired) electrons. The van der Waals surface area contributed by atoms with E-state index < -0.39 is 0 Å². The summed E-state index contributed by atoms with van der Waals surface area (Å²) < 4.78 is 1.89. The van der Waals surface area contributed by atoms with Crippen LogP contribution in [0.25, 0.3) is 0 Å². The molecule has 1 rings (SSSR count). The summed E-state index contributed by atoms with van der Waals surface area (Å²) in [5.41, 5.74) is 6.89. The summed E-state index contributed by atoms with van der Waals surface area (Å²) >= 11 is 0. The molecule has 2 atom stereocenters. The summed E-state index contributed by atoms with van der Waals surface area (Å²) in [6.07, 6.45) is 11.4. The minimum Gasteiger partial charge on any atom is -0.329 e. The average Bonchev–Trinajstić information content (AvgIpc) is 2.83. The maximum absolute atomic E-state index is 5.79. The largest absolute Gasteiger partial charge is 0.329 e. The van der Waals surface area contributed by atoms with Crippen molar-refractivity contribution in [3.63, 3.8) is 0 Å². The number of aryl methyl sites for hydroxylation is 1. The van der Waals surface area contributed by atoms with Crippen molar-refractivity contribution in [1.82, 2.24) is 15.1 Å². The van der Waals surface area contributed by atoms with E-state index in [1.54, 1.807) is 0 Å². The molecule has 0 aliphatic carbocycles. The molecule has 0 fully saturated rings. The minimum atomic E-state index is 0.0820. The number of nitrogens with zero attached hydrogens (tertiary/aromatic N) is 2. The zero-order valence-corrected chi connectivity index (χ0v) is 10.7. The van der Waals surface area contributed by atoms with Crippen LogP contribution in [0.2, 0.25) is 0 Å². The van der Waals surface area contributed by atoms with E-state index >= 15 is 0 Å². The quantitative estimate of drug-likeness (QED) is 0.699. The van der Waals surface area contributed by atoms with Crippen molar-refractivity contribution in [2.45, 2.75) is 45.3 Å². The molecular formula is C13H22N4. The first-order chi connectivity index (χ1) is 8.24. The Hall–Kier alpha value is -1.31. The highest BCUT2D eigenvalue weighted by atomic mass is 15.3. The van der Waals surface area contributed by atoms with Crippen LogP contribution in [0.3, 0.4) is 0 Å². The van der Waals surface area contributed by atoms with Gasteiger partial charge in [-0.15, -0.1) is 6.42 Å². The van der Waals surface area contributed by atoms with E-state index in [1.165, 1.54) is 0 Å². The number of nitrogens with one attached hydrogen (secondary N) is 1. The zero-order chi connectivity index (χ0) is 12.7. The molecule has 0 spiro atoms. The molecule has 0 saturated carbocycles. The molecule has 1 heterocycles. The Morgan fingerprint density at radius 1 is 1.59 bits per heavy atom. The number of aromatic nitrogens is 2. The summed E-state index contributed by atoms with van der Waals surface area (Å²) in [5, 5.41) is 7.65. The first kappa shape index (κ1) is 13.8. The van der Waals surface area contributed by atoms with Crippen molar-refractivity contribution >= 4 is 0 Å². The lowest BCUT2D eigenvalue weighted by Gasteiger charge is -2.20. The van der Waals surface area contributed by atoms with Gasteiger partial charge in [0.2, 0.25) is 0 Å². The van der Waals surface area contributed by atoms with Gasteiger partial charge in [0, 0.05) is 30.9 Å². The molecule has 0 aliphatic rings. The van der Waals surface area contributed by atoms with Gasteiger partial charge in [-0.3, -0.25) is 10.00 Å². The van der Waals surface area contributed by atoms with Crippen molar-refractivity contribution in [3.8, 4) is 12.3 Å². The van der Waals surface area contributed by atoms with E-state index in [4.69, 9.17) is 12.2 Å². The molecular weight excluding hydrogens is 212 g/mol. The molecule has 0 bridgehead atoms. The molecule has 0 saturated heterocycles. The third kappa shape index (κ3) is 3.88. The standard InChI is InChI=1S/C13H22N4/c1-4-7-12(5-2)16-13(8-14)11-9-15-17(6-3)10-11/h2,9-10,12-13,16H,4,6-8,14H2,1,3H3. The fraction of sp³-hybridized carbons (Fsp3) is 0.615. The Bertz CT molecular complexity index is 364. The Morgan fingerprint density at radius 3 is 2.82 bits per heavy atom. The lowest BCUT2D eigenvalue weighted by Crippen LogP contribution is -2.35. The molecule has 1 aromatic rings. The van der Waals surface area contributed by atoms with Gasteiger partial charge in [0.1, 0.15) is 0 Å². The first-order valence-electron chi connectivity index (χ1n) is 6.19. The zero-order valence-electron chi connectivity index (χ0n) is 10.7. The van der Waals surface area contributed by atoms with E-state index in [0.717, 1.165) is 24.9 Å². The number of hydrogen-bond donors (Lipinski definition) is 2. The molecule has 3 N–H and O–H groups in total. The smallest absolute Gasteiger partial charge is 0.0692 e. The summed E-state index contributed by atoms with van der Waals surface area (Å²) in [7, 11) is 0. The molecule has 0 amide bonds. The SMILES string of the molecule is C#CC(CCC)NC(CN)c1cnn(CC)c1. The molecule has 94 valence electrons. The van der Waals surface area contributed by atoms with E-state index in [0.29, 0.717) is 6.54 Å². The molecule has 4 nitrogen and oxygen atoms in total. The first-order valence-corrected chi connectivity index (χ1v) is 6.19. The highest BCUT2D eigenvalue weighted by Gasteiger charge is 2.15. The van der Waals surface area contributed by atoms with Crippen molar-refractivity contribution in [2.75, 3.05) is 6.54 Å². The van der Waals surface area contributed by atoms with Gasteiger partial charge in [0.15, 0.2) is 0 Å².